The quantitative estimate of drug-likeness (QED) is 0.418. The van der Waals surface area contributed by atoms with Crippen molar-refractivity contribution in [1.82, 2.24) is 9.80 Å². The van der Waals surface area contributed by atoms with Crippen molar-refractivity contribution < 1.29 is 23.9 Å². The summed E-state index contributed by atoms with van der Waals surface area (Å²) in [5.41, 5.74) is 0.376. The lowest BCUT2D eigenvalue weighted by Crippen LogP contribution is -2.54. The maximum atomic E-state index is 14.3. The van der Waals surface area contributed by atoms with Crippen molar-refractivity contribution in [1.29, 1.82) is 5.26 Å². The van der Waals surface area contributed by atoms with Crippen LogP contribution in [0, 0.1) is 11.3 Å². The number of halogens is 2. The lowest BCUT2D eigenvalue weighted by atomic mass is 9.80. The molecule has 0 saturated carbocycles. The Bertz CT molecular complexity index is 1580. The predicted octanol–water partition coefficient (Wildman–Crippen LogP) is 4.71. The predicted molar refractivity (Wildman–Crippen MR) is 147 cm³/mol. The van der Waals surface area contributed by atoms with Crippen LogP contribution in [0.1, 0.15) is 27.4 Å². The van der Waals surface area contributed by atoms with Gasteiger partial charge >= 0.3 is 6.03 Å². The third-order valence-corrected chi connectivity index (χ3v) is 8.12. The van der Waals surface area contributed by atoms with Gasteiger partial charge in [0.1, 0.15) is 18.8 Å². The van der Waals surface area contributed by atoms with Crippen LogP contribution in [0.3, 0.4) is 0 Å². The number of likely N-dealkylation sites (tertiary alicyclic amines) is 1. The maximum absolute atomic E-state index is 14.3. The average Bonchev–Trinajstić information content (AvgIpc) is 3.44. The molecule has 9 nitrogen and oxygen atoms in total. The van der Waals surface area contributed by atoms with Crippen LogP contribution in [-0.2, 0) is 4.79 Å². The van der Waals surface area contributed by atoms with Gasteiger partial charge in [-0.2, -0.15) is 5.26 Å². The van der Waals surface area contributed by atoms with Gasteiger partial charge < -0.3 is 19.3 Å². The summed E-state index contributed by atoms with van der Waals surface area (Å²) in [5.74, 6) is -0.357. The summed E-state index contributed by atoms with van der Waals surface area (Å²) < 4.78 is 11.2. The molecule has 0 aliphatic carbocycles. The van der Waals surface area contributed by atoms with Gasteiger partial charge in [-0.05, 0) is 54.1 Å². The highest BCUT2D eigenvalue weighted by molar-refractivity contribution is 6.36. The topological polar surface area (TPSA) is 103 Å². The molecule has 40 heavy (non-hydrogen) atoms. The first-order valence-electron chi connectivity index (χ1n) is 12.5. The Balaban J connectivity index is 1.42. The first-order chi connectivity index (χ1) is 19.2. The van der Waals surface area contributed by atoms with Crippen LogP contribution < -0.4 is 14.4 Å². The molecule has 11 heteroatoms. The summed E-state index contributed by atoms with van der Waals surface area (Å²) in [6.45, 7) is 0.921. The summed E-state index contributed by atoms with van der Waals surface area (Å²) >= 11 is 12.4. The Labute approximate surface area is 240 Å². The molecule has 0 aromatic heterocycles. The van der Waals surface area contributed by atoms with E-state index in [1.165, 1.54) is 23.1 Å². The molecule has 0 radical (unpaired) electrons. The van der Waals surface area contributed by atoms with Crippen LogP contribution in [0.2, 0.25) is 10.0 Å². The van der Waals surface area contributed by atoms with Gasteiger partial charge in [0.05, 0.1) is 23.9 Å². The molecule has 4 amide bonds. The minimum absolute atomic E-state index is 0.0448. The smallest absolute Gasteiger partial charge is 0.332 e. The van der Waals surface area contributed by atoms with Crippen LogP contribution in [0.4, 0.5) is 10.5 Å². The minimum atomic E-state index is -1.41. The fraction of sp³-hybridized carbons (Fsp3) is 0.241. The standard InChI is InChI=1S/C29H22Cl2N4O5/c1-33-28(38)35(22-12-20(30)11-21(31)13-22)27(37)29(33)16-34(15-23(29)18-4-2-17(14-32)3-5-18)26(36)19-6-7-24-25(10-19)40-9-8-39-24/h2-7,10-13,23H,8-9,15-16H2,1H3/t23-,29+/m0/s1. The minimum Gasteiger partial charge on any atom is -0.486 e. The monoisotopic (exact) mass is 576 g/mol. The number of benzene rings is 3. The highest BCUT2D eigenvalue weighted by Gasteiger charge is 2.65. The molecule has 3 aromatic carbocycles. The molecular weight excluding hydrogens is 555 g/mol. The molecule has 0 N–H and O–H groups in total. The molecule has 6 rings (SSSR count). The molecule has 2 fully saturated rings. The largest absolute Gasteiger partial charge is 0.486 e. The number of anilines is 1. The van der Waals surface area contributed by atoms with Gasteiger partial charge in [-0.15, -0.1) is 0 Å². The highest BCUT2D eigenvalue weighted by Crippen LogP contribution is 2.47. The molecule has 2 atom stereocenters. The molecular formula is C29H22Cl2N4O5. The second kappa shape index (κ2) is 9.73. The van der Waals surface area contributed by atoms with E-state index in [4.69, 9.17) is 32.7 Å². The Hall–Kier alpha value is -4.26. The van der Waals surface area contributed by atoms with Crippen molar-refractivity contribution in [2.45, 2.75) is 11.5 Å². The van der Waals surface area contributed by atoms with Gasteiger partial charge in [-0.3, -0.25) is 9.59 Å². The summed E-state index contributed by atoms with van der Waals surface area (Å²) in [5, 5.41) is 9.84. The van der Waals surface area contributed by atoms with Crippen molar-refractivity contribution in [3.05, 3.63) is 87.4 Å². The number of nitrogens with zero attached hydrogens (tertiary/aromatic N) is 4. The summed E-state index contributed by atoms with van der Waals surface area (Å²) in [6, 6.07) is 17.8. The van der Waals surface area contributed by atoms with Crippen LogP contribution in [0.25, 0.3) is 0 Å². The van der Waals surface area contributed by atoms with E-state index in [2.05, 4.69) is 6.07 Å². The number of nitriles is 1. The maximum Gasteiger partial charge on any atom is 0.332 e. The molecule has 2 saturated heterocycles. The van der Waals surface area contributed by atoms with Crippen molar-refractivity contribution in [3.63, 3.8) is 0 Å². The van der Waals surface area contributed by atoms with Gasteiger partial charge in [0.15, 0.2) is 11.5 Å². The fourth-order valence-electron chi connectivity index (χ4n) is 5.72. The van der Waals surface area contributed by atoms with Crippen molar-refractivity contribution in [2.75, 3.05) is 38.3 Å². The van der Waals surface area contributed by atoms with Crippen LogP contribution in [0.15, 0.2) is 60.7 Å². The molecule has 0 bridgehead atoms. The lowest BCUT2D eigenvalue weighted by molar-refractivity contribution is -0.124. The number of carbonyl (C=O) groups excluding carboxylic acids is 3. The Kier molecular flexibility index (Phi) is 6.32. The zero-order valence-electron chi connectivity index (χ0n) is 21.3. The van der Waals surface area contributed by atoms with E-state index in [0.717, 1.165) is 10.5 Å². The highest BCUT2D eigenvalue weighted by atomic mass is 35.5. The third kappa shape index (κ3) is 4.03. The van der Waals surface area contributed by atoms with E-state index in [1.807, 2.05) is 0 Å². The van der Waals surface area contributed by atoms with E-state index < -0.39 is 23.4 Å². The molecule has 202 valence electrons. The number of amides is 4. The number of fused-ring (bicyclic) bond motifs is 1. The fourth-order valence-corrected chi connectivity index (χ4v) is 6.23. The number of ether oxygens (including phenoxy) is 2. The van der Waals surface area contributed by atoms with Crippen molar-refractivity contribution in [2.24, 2.45) is 0 Å². The molecule has 3 aliphatic heterocycles. The average molecular weight is 577 g/mol. The Morgan fingerprint density at radius 2 is 1.65 bits per heavy atom. The third-order valence-electron chi connectivity index (χ3n) is 7.69. The summed E-state index contributed by atoms with van der Waals surface area (Å²) in [7, 11) is 1.56. The van der Waals surface area contributed by atoms with Crippen LogP contribution in [-0.4, -0.2) is 66.5 Å². The molecule has 1 spiro atoms. The van der Waals surface area contributed by atoms with Gasteiger partial charge in [-0.25, -0.2) is 9.69 Å². The van der Waals surface area contributed by atoms with E-state index in [9.17, 15) is 19.6 Å². The number of rotatable bonds is 3. The van der Waals surface area contributed by atoms with E-state index in [0.29, 0.717) is 35.8 Å². The van der Waals surface area contributed by atoms with Gasteiger partial charge in [0, 0.05) is 35.1 Å². The number of hydrogen-bond acceptors (Lipinski definition) is 6. The first-order valence-corrected chi connectivity index (χ1v) is 13.3. The first kappa shape index (κ1) is 26.0. The van der Waals surface area contributed by atoms with E-state index in [1.54, 1.807) is 54.4 Å². The van der Waals surface area contributed by atoms with Crippen LogP contribution in [0.5, 0.6) is 11.5 Å². The van der Waals surface area contributed by atoms with Gasteiger partial charge in [0.2, 0.25) is 0 Å². The SMILES string of the molecule is CN1C(=O)N(c2cc(Cl)cc(Cl)c2)C(=O)[C@]12CN(C(=O)c1ccc3c(c1)OCCO3)C[C@H]2c1ccc(C#N)cc1. The van der Waals surface area contributed by atoms with Crippen LogP contribution >= 0.6 is 23.2 Å². The van der Waals surface area contributed by atoms with E-state index >= 15 is 0 Å². The Morgan fingerprint density at radius 1 is 0.975 bits per heavy atom. The summed E-state index contributed by atoms with van der Waals surface area (Å²) in [6.07, 6.45) is 0. The second-order valence-electron chi connectivity index (χ2n) is 9.86. The van der Waals surface area contributed by atoms with Crippen molar-refractivity contribution >= 4 is 46.7 Å². The van der Waals surface area contributed by atoms with Gasteiger partial charge in [-0.1, -0.05) is 35.3 Å². The molecule has 0 unspecified atom stereocenters. The van der Waals surface area contributed by atoms with Gasteiger partial charge in [0.25, 0.3) is 11.8 Å². The van der Waals surface area contributed by atoms with E-state index in [-0.39, 0.29) is 34.7 Å². The molecule has 3 aromatic rings. The number of urea groups is 1. The lowest BCUT2D eigenvalue weighted by Gasteiger charge is -2.33. The zero-order chi connectivity index (χ0) is 28.2. The number of hydrogen-bond donors (Lipinski definition) is 0. The summed E-state index contributed by atoms with van der Waals surface area (Å²) in [4.78, 5) is 45.8. The normalized spacial score (nSPS) is 21.8. The number of carbonyl (C=O) groups is 3. The second-order valence-corrected chi connectivity index (χ2v) is 10.7. The molecule has 3 aliphatic rings. The van der Waals surface area contributed by atoms with Crippen molar-refractivity contribution in [3.8, 4) is 17.6 Å². The number of likely N-dealkylation sites (N-methyl/N-ethyl adjacent to an activating group) is 1. The molecule has 3 heterocycles. The Morgan fingerprint density at radius 3 is 2.33 bits per heavy atom. The zero-order valence-corrected chi connectivity index (χ0v) is 22.8. The number of imide groups is 1.